The molecule has 0 N–H and O–H groups in total. The van der Waals surface area contributed by atoms with Crippen molar-refractivity contribution in [1.82, 2.24) is 0 Å². The minimum Gasteiger partial charge on any atom is -0.0656 e. The van der Waals surface area contributed by atoms with Gasteiger partial charge in [0, 0.05) is 0 Å². The second kappa shape index (κ2) is 6.67. The molecule has 0 saturated carbocycles. The molecule has 30 heavy (non-hydrogen) atoms. The molecule has 4 aromatic rings. The summed E-state index contributed by atoms with van der Waals surface area (Å²) in [5.41, 5.74) is 6.42. The van der Waals surface area contributed by atoms with Crippen molar-refractivity contribution in [2.75, 3.05) is 0 Å². The van der Waals surface area contributed by atoms with Gasteiger partial charge < -0.3 is 0 Å². The topological polar surface area (TPSA) is 0 Å². The van der Waals surface area contributed by atoms with Gasteiger partial charge in [0.1, 0.15) is 0 Å². The van der Waals surface area contributed by atoms with Crippen LogP contribution in [0.3, 0.4) is 0 Å². The molecule has 1 aliphatic carbocycles. The van der Waals surface area contributed by atoms with Gasteiger partial charge >= 0.3 is 0 Å². The van der Waals surface area contributed by atoms with E-state index >= 15 is 0 Å². The Morgan fingerprint density at radius 1 is 0.533 bits per heavy atom. The van der Waals surface area contributed by atoms with Gasteiger partial charge in [-0.3, -0.25) is 0 Å². The molecule has 1 aliphatic rings. The average Bonchev–Trinajstić information content (AvgIpc) is 2.67. The number of fused-ring (bicyclic) bond motifs is 4. The molecule has 0 saturated heterocycles. The van der Waals surface area contributed by atoms with Gasteiger partial charge in [-0.1, -0.05) is 87.8 Å². The maximum absolute atomic E-state index is 2.53. The second-order valence-corrected chi connectivity index (χ2v) is 21.1. The normalized spacial score (nSPS) is 14.1. The van der Waals surface area contributed by atoms with E-state index in [-0.39, 0.29) is 0 Å². The minimum atomic E-state index is -1.55. The Bertz CT molecular complexity index is 1200. The first-order valence-electron chi connectivity index (χ1n) is 11.2. The van der Waals surface area contributed by atoms with Crippen molar-refractivity contribution >= 4 is 48.1 Å². The predicted molar refractivity (Wildman–Crippen MR) is 139 cm³/mol. The van der Waals surface area contributed by atoms with Crippen molar-refractivity contribution in [2.45, 2.75) is 52.1 Å². The van der Waals surface area contributed by atoms with Gasteiger partial charge in [0.05, 0.1) is 16.1 Å². The Hall–Kier alpha value is -2.17. The van der Waals surface area contributed by atoms with Crippen LogP contribution >= 0.6 is 0 Å². The molecular formula is C28H32Si2. The molecule has 0 aliphatic heterocycles. The van der Waals surface area contributed by atoms with Crippen LogP contribution in [0, 0.1) is 0 Å². The standard InChI is InChI=1S/C28H32Si2/c1-29(2,3)27-23-15-19-11-7-9-13-21(19)17-25(23)28(30(4,5)6)26-18-22-14-10-8-12-20(22)16-24(26)27/h7-15,17H,16,18H2,1-6H3. The lowest BCUT2D eigenvalue weighted by molar-refractivity contribution is 1.02. The number of hydrogen-bond acceptors (Lipinski definition) is 0. The van der Waals surface area contributed by atoms with Crippen LogP contribution in [0.2, 0.25) is 39.3 Å². The second-order valence-electron chi connectivity index (χ2n) is 11.1. The summed E-state index contributed by atoms with van der Waals surface area (Å²) in [6, 6.07) is 23.1. The van der Waals surface area contributed by atoms with Gasteiger partial charge in [0.25, 0.3) is 0 Å². The van der Waals surface area contributed by atoms with E-state index in [1.807, 2.05) is 0 Å². The number of rotatable bonds is 2. The van der Waals surface area contributed by atoms with Crippen molar-refractivity contribution < 1.29 is 0 Å². The first-order chi connectivity index (χ1) is 14.1. The molecule has 152 valence electrons. The van der Waals surface area contributed by atoms with Crippen LogP contribution < -0.4 is 10.4 Å². The molecular weight excluding hydrogens is 392 g/mol. The Morgan fingerprint density at radius 2 is 0.900 bits per heavy atom. The van der Waals surface area contributed by atoms with E-state index < -0.39 is 16.1 Å². The van der Waals surface area contributed by atoms with Crippen molar-refractivity contribution in [2.24, 2.45) is 0 Å². The lowest BCUT2D eigenvalue weighted by Crippen LogP contribution is -2.48. The maximum atomic E-state index is 2.53. The molecule has 5 rings (SSSR count). The summed E-state index contributed by atoms with van der Waals surface area (Å²) < 4.78 is 0. The third-order valence-electron chi connectivity index (χ3n) is 6.75. The molecule has 0 atom stereocenters. The van der Waals surface area contributed by atoms with Gasteiger partial charge in [-0.25, -0.2) is 0 Å². The van der Waals surface area contributed by atoms with Crippen LogP contribution in [0.15, 0.2) is 60.7 Å². The molecule has 4 aromatic carbocycles. The number of benzene rings is 4. The Labute approximate surface area is 183 Å². The van der Waals surface area contributed by atoms with Crippen molar-refractivity contribution in [3.05, 3.63) is 82.9 Å². The Morgan fingerprint density at radius 3 is 1.27 bits per heavy atom. The molecule has 0 bridgehead atoms. The molecule has 0 radical (unpaired) electrons. The Kier molecular flexibility index (Phi) is 4.39. The largest absolute Gasteiger partial charge is 0.0788 e. The van der Waals surface area contributed by atoms with Crippen molar-refractivity contribution in [3.8, 4) is 0 Å². The maximum Gasteiger partial charge on any atom is 0.0788 e. The summed E-state index contributed by atoms with van der Waals surface area (Å²) in [5.74, 6) is 0. The van der Waals surface area contributed by atoms with Crippen LogP contribution in [0.1, 0.15) is 22.3 Å². The summed E-state index contributed by atoms with van der Waals surface area (Å²) in [6.45, 7) is 15.2. The summed E-state index contributed by atoms with van der Waals surface area (Å²) in [4.78, 5) is 0. The van der Waals surface area contributed by atoms with Crippen molar-refractivity contribution in [1.29, 1.82) is 0 Å². The quantitative estimate of drug-likeness (QED) is 0.222. The summed E-state index contributed by atoms with van der Waals surface area (Å²) in [5, 5.41) is 9.25. The van der Waals surface area contributed by atoms with E-state index in [0.29, 0.717) is 0 Å². The molecule has 0 spiro atoms. The molecule has 0 heterocycles. The summed E-state index contributed by atoms with van der Waals surface area (Å²) in [7, 11) is -3.10. The summed E-state index contributed by atoms with van der Waals surface area (Å²) >= 11 is 0. The van der Waals surface area contributed by atoms with Gasteiger partial charge in [-0.15, -0.1) is 0 Å². The third-order valence-corrected chi connectivity index (χ3v) is 10.9. The molecule has 0 unspecified atom stereocenters. The van der Waals surface area contributed by atoms with Gasteiger partial charge in [-0.2, -0.15) is 0 Å². The van der Waals surface area contributed by atoms with E-state index in [1.165, 1.54) is 21.9 Å². The summed E-state index contributed by atoms with van der Waals surface area (Å²) in [6.07, 6.45) is 2.21. The molecule has 0 aromatic heterocycles. The zero-order valence-corrected chi connectivity index (χ0v) is 21.2. The fourth-order valence-corrected chi connectivity index (χ4v) is 9.99. The third kappa shape index (κ3) is 3.09. The monoisotopic (exact) mass is 424 g/mol. The van der Waals surface area contributed by atoms with Gasteiger partial charge in [-0.05, 0) is 79.1 Å². The lowest BCUT2D eigenvalue weighted by Gasteiger charge is -2.35. The first-order valence-corrected chi connectivity index (χ1v) is 18.2. The van der Waals surface area contributed by atoms with E-state index in [9.17, 15) is 0 Å². The highest BCUT2D eigenvalue weighted by molar-refractivity contribution is 6.93. The average molecular weight is 425 g/mol. The Balaban J connectivity index is 1.99. The fourth-order valence-electron chi connectivity index (χ4n) is 5.67. The van der Waals surface area contributed by atoms with Crippen LogP contribution in [-0.2, 0) is 12.8 Å². The SMILES string of the molecule is C[Si](C)(C)c1c2c(c([Si](C)(C)C)c3cc4ccccc4cc13)Cc1ccccc1C2. The van der Waals surface area contributed by atoms with Crippen LogP contribution in [0.5, 0.6) is 0 Å². The van der Waals surface area contributed by atoms with E-state index in [1.54, 1.807) is 32.3 Å². The highest BCUT2D eigenvalue weighted by Gasteiger charge is 2.34. The molecule has 0 amide bonds. The van der Waals surface area contributed by atoms with Crippen molar-refractivity contribution in [3.63, 3.8) is 0 Å². The molecule has 0 nitrogen and oxygen atoms in total. The fraction of sp³-hybridized carbons (Fsp3) is 0.286. The predicted octanol–water partition coefficient (Wildman–Crippen LogP) is 6.58. The minimum absolute atomic E-state index is 1.10. The van der Waals surface area contributed by atoms with E-state index in [2.05, 4.69) is 99.9 Å². The highest BCUT2D eigenvalue weighted by Crippen LogP contribution is 2.33. The zero-order chi connectivity index (χ0) is 21.3. The zero-order valence-electron chi connectivity index (χ0n) is 19.2. The van der Waals surface area contributed by atoms with E-state index in [4.69, 9.17) is 0 Å². The smallest absolute Gasteiger partial charge is 0.0656 e. The molecule has 0 fully saturated rings. The van der Waals surface area contributed by atoms with Crippen LogP contribution in [0.25, 0.3) is 21.5 Å². The van der Waals surface area contributed by atoms with Crippen LogP contribution in [-0.4, -0.2) is 16.1 Å². The highest BCUT2D eigenvalue weighted by atomic mass is 28.3. The van der Waals surface area contributed by atoms with Gasteiger partial charge in [0.2, 0.25) is 0 Å². The van der Waals surface area contributed by atoms with Crippen LogP contribution in [0.4, 0.5) is 0 Å². The lowest BCUT2D eigenvalue weighted by atomic mass is 9.84. The van der Waals surface area contributed by atoms with Gasteiger partial charge in [0.15, 0.2) is 0 Å². The van der Waals surface area contributed by atoms with E-state index in [0.717, 1.165) is 12.8 Å². The molecule has 2 heteroatoms. The number of hydrogen-bond donors (Lipinski definition) is 0. The first kappa shape index (κ1) is 19.8.